The summed E-state index contributed by atoms with van der Waals surface area (Å²) in [6.45, 7) is 3.61. The fraction of sp³-hybridized carbons (Fsp3) is 0.667. The minimum Gasteiger partial charge on any atom is -0.379 e. The Bertz CT molecular complexity index is 844. The first-order chi connectivity index (χ1) is 14.5. The molecular weight excluding hydrogens is 420 g/mol. The van der Waals surface area contributed by atoms with Gasteiger partial charge in [-0.15, -0.1) is 0 Å². The summed E-state index contributed by atoms with van der Waals surface area (Å²) in [5, 5.41) is 7.33. The van der Waals surface area contributed by atoms with Crippen molar-refractivity contribution in [3.8, 4) is 0 Å². The van der Waals surface area contributed by atoms with Crippen LogP contribution in [0.3, 0.4) is 0 Å². The van der Waals surface area contributed by atoms with E-state index in [-0.39, 0.29) is 0 Å². The van der Waals surface area contributed by atoms with Gasteiger partial charge in [-0.1, -0.05) is 19.3 Å². The lowest BCUT2D eigenvalue weighted by atomic mass is 9.96. The minimum absolute atomic E-state index is 0.301. The Kier molecular flexibility index (Phi) is 7.12. The van der Waals surface area contributed by atoms with E-state index in [1.165, 1.54) is 23.6 Å². The molecule has 1 aromatic carbocycles. The van der Waals surface area contributed by atoms with Crippen LogP contribution in [0.1, 0.15) is 44.9 Å². The highest BCUT2D eigenvalue weighted by Gasteiger charge is 2.28. The number of hydrogen-bond acceptors (Lipinski definition) is 5. The van der Waals surface area contributed by atoms with Crippen molar-refractivity contribution < 1.29 is 13.2 Å². The highest BCUT2D eigenvalue weighted by molar-refractivity contribution is 7.89. The molecule has 0 radical (unpaired) electrons. The molecule has 3 aliphatic rings. The van der Waals surface area contributed by atoms with Gasteiger partial charge in [0.25, 0.3) is 0 Å². The average molecular weight is 453 g/mol. The number of anilines is 2. The van der Waals surface area contributed by atoms with Crippen LogP contribution in [-0.4, -0.2) is 63.3 Å². The number of hydrogen-bond donors (Lipinski definition) is 2. The molecule has 2 aliphatic heterocycles. The summed E-state index contributed by atoms with van der Waals surface area (Å²) in [6.07, 6.45) is 8.31. The van der Waals surface area contributed by atoms with E-state index >= 15 is 0 Å². The van der Waals surface area contributed by atoms with Crippen LogP contribution in [0.2, 0.25) is 0 Å². The standard InChI is InChI=1S/C21H32N4O3S2/c26-30(27,25-12-14-28-15-13-25)18-8-9-20(24-10-4-5-11-24)19(16-18)23-21(29)22-17-6-2-1-3-7-17/h8-9,16-17H,1-7,10-15H2,(H2,22,23,29). The van der Waals surface area contributed by atoms with Crippen LogP contribution in [0.15, 0.2) is 23.1 Å². The van der Waals surface area contributed by atoms with Gasteiger partial charge >= 0.3 is 0 Å². The molecule has 1 saturated carbocycles. The molecule has 2 N–H and O–H groups in total. The molecule has 0 amide bonds. The highest BCUT2D eigenvalue weighted by Crippen LogP contribution is 2.32. The van der Waals surface area contributed by atoms with Crippen molar-refractivity contribution in [2.45, 2.75) is 55.9 Å². The van der Waals surface area contributed by atoms with E-state index in [1.807, 2.05) is 6.07 Å². The zero-order chi connectivity index (χ0) is 21.0. The maximum atomic E-state index is 13.2. The van der Waals surface area contributed by atoms with E-state index in [0.29, 0.717) is 42.4 Å². The van der Waals surface area contributed by atoms with E-state index in [9.17, 15) is 8.42 Å². The molecule has 1 aromatic rings. The lowest BCUT2D eigenvalue weighted by molar-refractivity contribution is 0.0730. The lowest BCUT2D eigenvalue weighted by Gasteiger charge is -2.28. The predicted octanol–water partition coefficient (Wildman–Crippen LogP) is 2.93. The molecule has 3 fully saturated rings. The van der Waals surface area contributed by atoms with Gasteiger partial charge in [0.05, 0.1) is 29.5 Å². The molecule has 0 spiro atoms. The van der Waals surface area contributed by atoms with Gasteiger partial charge in [-0.25, -0.2) is 8.42 Å². The van der Waals surface area contributed by atoms with Crippen LogP contribution in [-0.2, 0) is 14.8 Å². The fourth-order valence-corrected chi connectivity index (χ4v) is 6.25. The third kappa shape index (κ3) is 5.07. The second kappa shape index (κ2) is 9.80. The molecule has 0 bridgehead atoms. The lowest BCUT2D eigenvalue weighted by Crippen LogP contribution is -2.41. The molecule has 0 aromatic heterocycles. The van der Waals surface area contributed by atoms with Gasteiger partial charge in [-0.05, 0) is 56.1 Å². The largest absolute Gasteiger partial charge is 0.379 e. The van der Waals surface area contributed by atoms with Gasteiger partial charge in [-0.2, -0.15) is 4.31 Å². The second-order valence-electron chi connectivity index (χ2n) is 8.32. The molecule has 9 heteroatoms. The first kappa shape index (κ1) is 21.8. The van der Waals surface area contributed by atoms with E-state index in [2.05, 4.69) is 15.5 Å². The van der Waals surface area contributed by atoms with Crippen molar-refractivity contribution in [3.05, 3.63) is 18.2 Å². The number of thiocarbonyl (C=S) groups is 1. The minimum atomic E-state index is -3.56. The Morgan fingerprint density at radius 1 is 1.00 bits per heavy atom. The smallest absolute Gasteiger partial charge is 0.243 e. The van der Waals surface area contributed by atoms with Crippen LogP contribution in [0, 0.1) is 0 Å². The number of morpholine rings is 1. The number of rotatable bonds is 5. The normalized spacial score (nSPS) is 21.5. The van der Waals surface area contributed by atoms with Crippen molar-refractivity contribution in [2.75, 3.05) is 49.6 Å². The van der Waals surface area contributed by atoms with Gasteiger partial charge in [-0.3, -0.25) is 0 Å². The summed E-state index contributed by atoms with van der Waals surface area (Å²) < 4.78 is 33.1. The Morgan fingerprint density at radius 3 is 2.40 bits per heavy atom. The zero-order valence-corrected chi connectivity index (χ0v) is 19.1. The Morgan fingerprint density at radius 2 is 1.70 bits per heavy atom. The molecule has 4 rings (SSSR count). The van der Waals surface area contributed by atoms with Crippen molar-refractivity contribution in [3.63, 3.8) is 0 Å². The summed E-state index contributed by atoms with van der Waals surface area (Å²) in [4.78, 5) is 2.60. The average Bonchev–Trinajstić information content (AvgIpc) is 3.29. The summed E-state index contributed by atoms with van der Waals surface area (Å²) in [6, 6.07) is 5.79. The first-order valence-electron chi connectivity index (χ1n) is 11.1. The summed E-state index contributed by atoms with van der Waals surface area (Å²) in [5.41, 5.74) is 1.78. The van der Waals surface area contributed by atoms with E-state index < -0.39 is 10.0 Å². The molecule has 0 atom stereocenters. The molecular formula is C21H32N4O3S2. The quantitative estimate of drug-likeness (QED) is 0.666. The Labute approximate surface area is 185 Å². The van der Waals surface area contributed by atoms with Gasteiger partial charge in [0, 0.05) is 32.2 Å². The Balaban J connectivity index is 1.56. The third-order valence-electron chi connectivity index (χ3n) is 6.21. The molecule has 7 nitrogen and oxygen atoms in total. The van der Waals surface area contributed by atoms with Crippen molar-refractivity contribution >= 4 is 38.7 Å². The van der Waals surface area contributed by atoms with Crippen molar-refractivity contribution in [2.24, 2.45) is 0 Å². The van der Waals surface area contributed by atoms with E-state index in [1.54, 1.807) is 12.1 Å². The maximum absolute atomic E-state index is 13.2. The SMILES string of the molecule is O=S(=O)(c1ccc(N2CCCC2)c(NC(=S)NC2CCCCC2)c1)N1CCOCC1. The number of nitrogens with one attached hydrogen (secondary N) is 2. The number of benzene rings is 1. The number of sulfonamides is 1. The van der Waals surface area contributed by atoms with Crippen LogP contribution >= 0.6 is 12.2 Å². The van der Waals surface area contributed by atoms with E-state index in [4.69, 9.17) is 17.0 Å². The highest BCUT2D eigenvalue weighted by atomic mass is 32.2. The molecule has 0 unspecified atom stereocenters. The molecule has 166 valence electrons. The molecule has 2 saturated heterocycles. The van der Waals surface area contributed by atoms with Crippen LogP contribution in [0.4, 0.5) is 11.4 Å². The predicted molar refractivity (Wildman–Crippen MR) is 124 cm³/mol. The summed E-state index contributed by atoms with van der Waals surface area (Å²) in [5.74, 6) is 0. The topological polar surface area (TPSA) is 73.9 Å². The molecule has 1 aliphatic carbocycles. The molecule has 2 heterocycles. The monoisotopic (exact) mass is 452 g/mol. The van der Waals surface area contributed by atoms with Gasteiger partial charge in [0.15, 0.2) is 5.11 Å². The maximum Gasteiger partial charge on any atom is 0.243 e. The summed E-state index contributed by atoms with van der Waals surface area (Å²) in [7, 11) is -3.56. The van der Waals surface area contributed by atoms with Crippen molar-refractivity contribution in [1.82, 2.24) is 9.62 Å². The van der Waals surface area contributed by atoms with Gasteiger partial charge in [0.2, 0.25) is 10.0 Å². The molecule has 30 heavy (non-hydrogen) atoms. The van der Waals surface area contributed by atoms with Crippen molar-refractivity contribution in [1.29, 1.82) is 0 Å². The van der Waals surface area contributed by atoms with Crippen LogP contribution < -0.4 is 15.5 Å². The van der Waals surface area contributed by atoms with Crippen LogP contribution in [0.5, 0.6) is 0 Å². The van der Waals surface area contributed by atoms with E-state index in [0.717, 1.165) is 50.1 Å². The van der Waals surface area contributed by atoms with Crippen LogP contribution in [0.25, 0.3) is 0 Å². The van der Waals surface area contributed by atoms with Gasteiger partial charge in [0.1, 0.15) is 0 Å². The number of nitrogens with zero attached hydrogens (tertiary/aromatic N) is 2. The fourth-order valence-electron chi connectivity index (χ4n) is 4.54. The first-order valence-corrected chi connectivity index (χ1v) is 12.9. The van der Waals surface area contributed by atoms with Gasteiger partial charge < -0.3 is 20.3 Å². The summed E-state index contributed by atoms with van der Waals surface area (Å²) >= 11 is 5.60. The number of ether oxygens (including phenoxy) is 1. The Hall–Kier alpha value is -1.42. The zero-order valence-electron chi connectivity index (χ0n) is 17.4. The second-order valence-corrected chi connectivity index (χ2v) is 10.7. The third-order valence-corrected chi connectivity index (χ3v) is 8.33.